The zero-order valence-electron chi connectivity index (χ0n) is 15.2. The number of hydrogen-bond donors (Lipinski definition) is 1. The van der Waals surface area contributed by atoms with E-state index in [1.807, 2.05) is 0 Å². The summed E-state index contributed by atoms with van der Waals surface area (Å²) in [6.45, 7) is 2.01. The predicted octanol–water partition coefficient (Wildman–Crippen LogP) is 3.20. The molecule has 0 aliphatic heterocycles. The quantitative estimate of drug-likeness (QED) is 0.682. The molecule has 0 aliphatic carbocycles. The number of aromatic nitrogens is 1. The third-order valence-electron chi connectivity index (χ3n) is 3.95. The molecule has 0 radical (unpaired) electrons. The highest BCUT2D eigenvalue weighted by molar-refractivity contribution is 7.92. The third kappa shape index (κ3) is 4.37. The maximum Gasteiger partial charge on any atom is 0.261 e. The average Bonchev–Trinajstić information content (AvgIpc) is 3.07. The number of hydrogen-bond acceptors (Lipinski definition) is 5. The van der Waals surface area contributed by atoms with Crippen molar-refractivity contribution < 1.29 is 22.1 Å². The minimum Gasteiger partial charge on any atom is -0.361 e. The third-order valence-corrected chi connectivity index (χ3v) is 5.33. The van der Waals surface area contributed by atoms with Gasteiger partial charge in [-0.05, 0) is 43.3 Å². The van der Waals surface area contributed by atoms with Crippen LogP contribution in [0.15, 0.2) is 64.0 Å². The van der Waals surface area contributed by atoms with Gasteiger partial charge < -0.3 is 9.42 Å². The number of halogens is 1. The Labute approximate surface area is 161 Å². The highest BCUT2D eigenvalue weighted by Crippen LogP contribution is 2.19. The molecule has 7 nitrogen and oxygen atoms in total. The number of aryl methyl sites for hydroxylation is 1. The molecule has 0 atom stereocenters. The molecule has 1 heterocycles. The molecule has 0 bridgehead atoms. The Hall–Kier alpha value is -3.20. The largest absolute Gasteiger partial charge is 0.361 e. The van der Waals surface area contributed by atoms with Gasteiger partial charge in [0.15, 0.2) is 0 Å². The number of para-hydroxylation sites is 1. The molecule has 0 unspecified atom stereocenters. The number of carbonyl (C=O) groups is 1. The van der Waals surface area contributed by atoms with Gasteiger partial charge in [-0.1, -0.05) is 17.3 Å². The lowest BCUT2D eigenvalue weighted by Gasteiger charge is -2.16. The van der Waals surface area contributed by atoms with Crippen LogP contribution < -0.4 is 4.72 Å². The van der Waals surface area contributed by atoms with Gasteiger partial charge in [0, 0.05) is 18.7 Å². The highest BCUT2D eigenvalue weighted by Gasteiger charge is 2.18. The van der Waals surface area contributed by atoms with E-state index in [9.17, 15) is 17.6 Å². The van der Waals surface area contributed by atoms with E-state index < -0.39 is 15.8 Å². The van der Waals surface area contributed by atoms with E-state index in [0.29, 0.717) is 17.0 Å². The van der Waals surface area contributed by atoms with Crippen LogP contribution in [-0.2, 0) is 16.6 Å². The minimum atomic E-state index is -3.98. The van der Waals surface area contributed by atoms with Crippen LogP contribution in [0.1, 0.15) is 21.8 Å². The molecule has 146 valence electrons. The lowest BCUT2D eigenvalue weighted by Crippen LogP contribution is -2.26. The smallest absolute Gasteiger partial charge is 0.261 e. The number of nitrogens with one attached hydrogen (secondary N) is 1. The molecule has 1 amide bonds. The molecule has 0 aliphatic rings. The molecule has 28 heavy (non-hydrogen) atoms. The van der Waals surface area contributed by atoms with Crippen molar-refractivity contribution in [3.05, 3.63) is 77.4 Å². The van der Waals surface area contributed by atoms with Crippen LogP contribution in [0.25, 0.3) is 0 Å². The van der Waals surface area contributed by atoms with Gasteiger partial charge in [-0.2, -0.15) is 0 Å². The summed E-state index contributed by atoms with van der Waals surface area (Å²) in [7, 11) is -2.37. The Morgan fingerprint density at radius 3 is 2.46 bits per heavy atom. The van der Waals surface area contributed by atoms with Crippen molar-refractivity contribution in [3.8, 4) is 0 Å². The SMILES string of the molecule is Cc1cc(CN(C)C(=O)c2ccc(S(=O)(=O)Nc3ccccc3F)cc2)no1. The van der Waals surface area contributed by atoms with Crippen LogP contribution in [-0.4, -0.2) is 31.4 Å². The Balaban J connectivity index is 1.73. The van der Waals surface area contributed by atoms with Crippen LogP contribution in [0.3, 0.4) is 0 Å². The lowest BCUT2D eigenvalue weighted by molar-refractivity contribution is 0.0782. The second-order valence-electron chi connectivity index (χ2n) is 6.20. The normalized spacial score (nSPS) is 11.2. The van der Waals surface area contributed by atoms with Crippen molar-refractivity contribution in [2.75, 3.05) is 11.8 Å². The van der Waals surface area contributed by atoms with Gasteiger partial charge in [0.05, 0.1) is 17.1 Å². The summed E-state index contributed by atoms with van der Waals surface area (Å²) in [5.41, 5.74) is 0.777. The molecule has 0 fully saturated rings. The first kappa shape index (κ1) is 19.6. The van der Waals surface area contributed by atoms with E-state index in [2.05, 4.69) is 9.88 Å². The van der Waals surface area contributed by atoms with Gasteiger partial charge in [0.25, 0.3) is 15.9 Å². The fourth-order valence-corrected chi connectivity index (χ4v) is 3.62. The van der Waals surface area contributed by atoms with E-state index >= 15 is 0 Å². The molecule has 1 aromatic heterocycles. The number of nitrogens with zero attached hydrogens (tertiary/aromatic N) is 2. The fraction of sp³-hybridized carbons (Fsp3) is 0.158. The van der Waals surface area contributed by atoms with E-state index in [1.54, 1.807) is 20.0 Å². The predicted molar refractivity (Wildman–Crippen MR) is 101 cm³/mol. The first-order chi connectivity index (χ1) is 13.3. The number of amides is 1. The van der Waals surface area contributed by atoms with Crippen molar-refractivity contribution in [1.29, 1.82) is 0 Å². The summed E-state index contributed by atoms with van der Waals surface area (Å²) in [6, 6.07) is 12.6. The molecular formula is C19H18FN3O4S. The maximum atomic E-state index is 13.7. The van der Waals surface area contributed by atoms with Crippen molar-refractivity contribution >= 4 is 21.6 Å². The van der Waals surface area contributed by atoms with Gasteiger partial charge in [-0.3, -0.25) is 9.52 Å². The maximum absolute atomic E-state index is 13.7. The molecule has 9 heteroatoms. The van der Waals surface area contributed by atoms with Gasteiger partial charge >= 0.3 is 0 Å². The first-order valence-electron chi connectivity index (χ1n) is 8.31. The highest BCUT2D eigenvalue weighted by atomic mass is 32.2. The number of sulfonamides is 1. The van der Waals surface area contributed by atoms with E-state index in [1.165, 1.54) is 47.4 Å². The minimum absolute atomic E-state index is 0.0814. The summed E-state index contributed by atoms with van der Waals surface area (Å²) in [6.07, 6.45) is 0. The van der Waals surface area contributed by atoms with E-state index in [-0.39, 0.29) is 23.0 Å². The Bertz CT molecular complexity index is 1090. The number of carbonyl (C=O) groups excluding carboxylic acids is 1. The molecule has 2 aromatic carbocycles. The summed E-state index contributed by atoms with van der Waals surface area (Å²) in [4.78, 5) is 13.9. The van der Waals surface area contributed by atoms with Gasteiger partial charge in [-0.25, -0.2) is 12.8 Å². The fourth-order valence-electron chi connectivity index (χ4n) is 2.55. The standard InChI is InChI=1S/C19H18FN3O4S/c1-13-11-15(21-27-13)12-23(2)19(24)14-7-9-16(10-8-14)28(25,26)22-18-6-4-3-5-17(18)20/h3-11,22H,12H2,1-2H3. The first-order valence-corrected chi connectivity index (χ1v) is 9.79. The second kappa shape index (κ2) is 7.81. The Morgan fingerprint density at radius 1 is 1.18 bits per heavy atom. The Kier molecular flexibility index (Phi) is 5.46. The van der Waals surface area contributed by atoms with E-state index in [4.69, 9.17) is 4.52 Å². The second-order valence-corrected chi connectivity index (χ2v) is 7.88. The van der Waals surface area contributed by atoms with Gasteiger partial charge in [0.1, 0.15) is 17.3 Å². The van der Waals surface area contributed by atoms with Crippen molar-refractivity contribution in [2.24, 2.45) is 0 Å². The van der Waals surface area contributed by atoms with Crippen molar-refractivity contribution in [2.45, 2.75) is 18.4 Å². The molecule has 0 spiro atoms. The zero-order chi connectivity index (χ0) is 20.3. The molecular weight excluding hydrogens is 385 g/mol. The van der Waals surface area contributed by atoms with Crippen molar-refractivity contribution in [3.63, 3.8) is 0 Å². The van der Waals surface area contributed by atoms with Crippen molar-refractivity contribution in [1.82, 2.24) is 10.1 Å². The lowest BCUT2D eigenvalue weighted by atomic mass is 10.2. The molecule has 0 saturated heterocycles. The molecule has 3 aromatic rings. The van der Waals surface area contributed by atoms with Crippen LogP contribution >= 0.6 is 0 Å². The summed E-state index contributed by atoms with van der Waals surface area (Å²) in [5, 5.41) is 3.84. The molecule has 0 saturated carbocycles. The summed E-state index contributed by atoms with van der Waals surface area (Å²) in [5.74, 6) is -0.331. The molecule has 1 N–H and O–H groups in total. The zero-order valence-corrected chi connectivity index (χ0v) is 16.0. The Morgan fingerprint density at radius 2 is 1.86 bits per heavy atom. The van der Waals surface area contributed by atoms with Crippen LogP contribution in [0.4, 0.5) is 10.1 Å². The topological polar surface area (TPSA) is 92.5 Å². The van der Waals surface area contributed by atoms with Crippen LogP contribution in [0.5, 0.6) is 0 Å². The summed E-state index contributed by atoms with van der Waals surface area (Å²) < 4.78 is 45.7. The summed E-state index contributed by atoms with van der Waals surface area (Å²) >= 11 is 0. The average molecular weight is 403 g/mol. The molecule has 3 rings (SSSR count). The monoisotopic (exact) mass is 403 g/mol. The number of rotatable bonds is 6. The van der Waals surface area contributed by atoms with Crippen LogP contribution in [0, 0.1) is 12.7 Å². The van der Waals surface area contributed by atoms with Gasteiger partial charge in [0.2, 0.25) is 0 Å². The van der Waals surface area contributed by atoms with Crippen LogP contribution in [0.2, 0.25) is 0 Å². The number of benzene rings is 2. The van der Waals surface area contributed by atoms with Gasteiger partial charge in [-0.15, -0.1) is 0 Å². The number of anilines is 1. The van der Waals surface area contributed by atoms with E-state index in [0.717, 1.165) is 6.07 Å².